The molecular formula is C29H33N3O5S. The van der Waals surface area contributed by atoms with Crippen LogP contribution in [0.15, 0.2) is 41.8 Å². The van der Waals surface area contributed by atoms with Crippen molar-refractivity contribution in [3.8, 4) is 17.0 Å². The molecule has 2 aliphatic heterocycles. The number of amides is 1. The van der Waals surface area contributed by atoms with E-state index in [4.69, 9.17) is 14.5 Å². The van der Waals surface area contributed by atoms with E-state index in [9.17, 15) is 14.7 Å². The minimum Gasteiger partial charge on any atom is -0.488 e. The highest BCUT2D eigenvalue weighted by molar-refractivity contribution is 7.14. The second-order valence-corrected chi connectivity index (χ2v) is 10.8. The second kappa shape index (κ2) is 11.5. The maximum Gasteiger partial charge on any atom is 0.306 e. The molecule has 2 aliphatic rings. The lowest BCUT2D eigenvalue weighted by Crippen LogP contribution is -2.40. The van der Waals surface area contributed by atoms with E-state index in [1.54, 1.807) is 11.3 Å². The van der Waals surface area contributed by atoms with Crippen molar-refractivity contribution in [2.24, 2.45) is 5.92 Å². The molecule has 2 aromatic carbocycles. The largest absolute Gasteiger partial charge is 0.488 e. The molecule has 1 amide bonds. The van der Waals surface area contributed by atoms with Gasteiger partial charge in [0.1, 0.15) is 12.4 Å². The molecule has 0 atom stereocenters. The Bertz CT molecular complexity index is 1310. The van der Waals surface area contributed by atoms with Crippen LogP contribution in [0.1, 0.15) is 39.9 Å². The van der Waals surface area contributed by atoms with Crippen molar-refractivity contribution in [3.05, 3.63) is 64.0 Å². The average molecular weight is 536 g/mol. The van der Waals surface area contributed by atoms with Gasteiger partial charge in [0.15, 0.2) is 5.13 Å². The minimum absolute atomic E-state index is 0.0382. The number of aromatic nitrogens is 1. The summed E-state index contributed by atoms with van der Waals surface area (Å²) < 4.78 is 11.7. The first-order chi connectivity index (χ1) is 18.4. The Balaban J connectivity index is 1.28. The molecule has 3 aromatic rings. The molecule has 9 heteroatoms. The zero-order chi connectivity index (χ0) is 26.6. The van der Waals surface area contributed by atoms with Crippen molar-refractivity contribution in [3.63, 3.8) is 0 Å². The van der Waals surface area contributed by atoms with Gasteiger partial charge >= 0.3 is 5.97 Å². The molecule has 200 valence electrons. The SMILES string of the molecule is Cc1ccc(OCc2ccc(C(=O)N3CCOCC3)cc2C)c(-c2csc(N3CCC(C(=O)O)CC3)n2)c1. The topological polar surface area (TPSA) is 92.2 Å². The van der Waals surface area contributed by atoms with Crippen molar-refractivity contribution in [2.45, 2.75) is 33.3 Å². The Hall–Kier alpha value is -3.43. The summed E-state index contributed by atoms with van der Waals surface area (Å²) in [6.45, 7) is 8.24. The van der Waals surface area contributed by atoms with Gasteiger partial charge < -0.3 is 24.4 Å². The van der Waals surface area contributed by atoms with Gasteiger partial charge in [-0.15, -0.1) is 11.3 Å². The Morgan fingerprint density at radius 3 is 2.55 bits per heavy atom. The number of hydrogen-bond acceptors (Lipinski definition) is 7. The number of nitrogens with zero attached hydrogens (tertiary/aromatic N) is 3. The summed E-state index contributed by atoms with van der Waals surface area (Å²) in [7, 11) is 0. The highest BCUT2D eigenvalue weighted by Gasteiger charge is 2.26. The van der Waals surface area contributed by atoms with Crippen LogP contribution in [-0.4, -0.2) is 66.3 Å². The number of rotatable bonds is 7. The van der Waals surface area contributed by atoms with E-state index >= 15 is 0 Å². The molecule has 1 N–H and O–H groups in total. The first kappa shape index (κ1) is 26.2. The van der Waals surface area contributed by atoms with Gasteiger partial charge in [-0.25, -0.2) is 4.98 Å². The monoisotopic (exact) mass is 535 g/mol. The van der Waals surface area contributed by atoms with Crippen molar-refractivity contribution in [1.29, 1.82) is 0 Å². The van der Waals surface area contributed by atoms with Gasteiger partial charge in [-0.2, -0.15) is 0 Å². The zero-order valence-electron chi connectivity index (χ0n) is 21.8. The summed E-state index contributed by atoms with van der Waals surface area (Å²) in [5.41, 5.74) is 5.63. The number of ether oxygens (including phenoxy) is 2. The van der Waals surface area contributed by atoms with Crippen LogP contribution in [0.3, 0.4) is 0 Å². The normalized spacial score (nSPS) is 16.5. The van der Waals surface area contributed by atoms with E-state index in [0.717, 1.165) is 38.8 Å². The van der Waals surface area contributed by atoms with E-state index in [0.29, 0.717) is 64.4 Å². The molecule has 8 nitrogen and oxygen atoms in total. The lowest BCUT2D eigenvalue weighted by molar-refractivity contribution is -0.142. The van der Waals surface area contributed by atoms with Gasteiger partial charge in [0.25, 0.3) is 5.91 Å². The predicted octanol–water partition coefficient (Wildman–Crippen LogP) is 4.78. The maximum atomic E-state index is 12.8. The summed E-state index contributed by atoms with van der Waals surface area (Å²) in [6.07, 6.45) is 1.28. The Morgan fingerprint density at radius 1 is 1.08 bits per heavy atom. The van der Waals surface area contributed by atoms with Crippen molar-refractivity contribution < 1.29 is 24.2 Å². The van der Waals surface area contributed by atoms with Crippen molar-refractivity contribution >= 4 is 28.3 Å². The summed E-state index contributed by atoms with van der Waals surface area (Å²) in [4.78, 5) is 33.0. The number of thiazole rings is 1. The molecule has 1 aromatic heterocycles. The van der Waals surface area contributed by atoms with Crippen LogP contribution in [0.4, 0.5) is 5.13 Å². The average Bonchev–Trinajstić information content (AvgIpc) is 3.43. The van der Waals surface area contributed by atoms with Crippen LogP contribution in [0.2, 0.25) is 0 Å². The highest BCUT2D eigenvalue weighted by Crippen LogP contribution is 2.36. The van der Waals surface area contributed by atoms with Crippen LogP contribution in [-0.2, 0) is 16.1 Å². The molecule has 0 saturated carbocycles. The van der Waals surface area contributed by atoms with E-state index in [1.807, 2.05) is 54.5 Å². The van der Waals surface area contributed by atoms with E-state index in [1.165, 1.54) is 0 Å². The van der Waals surface area contributed by atoms with Gasteiger partial charge in [-0.05, 0) is 62.1 Å². The number of benzene rings is 2. The van der Waals surface area contributed by atoms with Crippen molar-refractivity contribution in [1.82, 2.24) is 9.88 Å². The number of piperidine rings is 1. The van der Waals surface area contributed by atoms with Gasteiger partial charge in [-0.3, -0.25) is 9.59 Å². The molecule has 0 unspecified atom stereocenters. The molecular weight excluding hydrogens is 502 g/mol. The van der Waals surface area contributed by atoms with Crippen LogP contribution in [0, 0.1) is 19.8 Å². The Kier molecular flexibility index (Phi) is 7.95. The van der Waals surface area contributed by atoms with Crippen LogP contribution in [0.25, 0.3) is 11.3 Å². The first-order valence-corrected chi connectivity index (χ1v) is 13.9. The standard InChI is InChI=1S/C29H33N3O5S/c1-19-3-6-26(24(15-19)25-18-38-29(30-25)32-9-7-21(8-10-32)28(34)35)37-17-23-5-4-22(16-20(23)2)27(33)31-11-13-36-14-12-31/h3-6,15-16,18,21H,7-14,17H2,1-2H3,(H,34,35). The quantitative estimate of drug-likeness (QED) is 0.466. The number of morpholine rings is 1. The number of aryl methyl sites for hydroxylation is 2. The fourth-order valence-electron chi connectivity index (χ4n) is 4.92. The van der Waals surface area contributed by atoms with Gasteiger partial charge in [0.05, 0.1) is 24.8 Å². The first-order valence-electron chi connectivity index (χ1n) is 13.0. The third-order valence-corrected chi connectivity index (χ3v) is 8.19. The predicted molar refractivity (Wildman–Crippen MR) is 147 cm³/mol. The van der Waals surface area contributed by atoms with E-state index in [2.05, 4.69) is 11.0 Å². The summed E-state index contributed by atoms with van der Waals surface area (Å²) in [6, 6.07) is 11.9. The fourth-order valence-corrected chi connectivity index (χ4v) is 5.80. The lowest BCUT2D eigenvalue weighted by atomic mass is 9.97. The molecule has 0 aliphatic carbocycles. The Labute approximate surface area is 226 Å². The van der Waals surface area contributed by atoms with Gasteiger partial charge in [-0.1, -0.05) is 17.7 Å². The maximum absolute atomic E-state index is 12.8. The molecule has 3 heterocycles. The molecule has 0 spiro atoms. The number of carbonyl (C=O) groups is 2. The molecule has 5 rings (SSSR count). The van der Waals surface area contributed by atoms with Gasteiger partial charge in [0, 0.05) is 42.7 Å². The molecule has 0 radical (unpaired) electrons. The summed E-state index contributed by atoms with van der Waals surface area (Å²) in [5, 5.41) is 12.2. The van der Waals surface area contributed by atoms with Crippen LogP contribution >= 0.6 is 11.3 Å². The zero-order valence-corrected chi connectivity index (χ0v) is 22.6. The number of carboxylic acids is 1. The smallest absolute Gasteiger partial charge is 0.306 e. The highest BCUT2D eigenvalue weighted by atomic mass is 32.1. The Morgan fingerprint density at radius 2 is 1.84 bits per heavy atom. The molecule has 2 saturated heterocycles. The lowest BCUT2D eigenvalue weighted by Gasteiger charge is -2.29. The number of aliphatic carboxylic acids is 1. The summed E-state index contributed by atoms with van der Waals surface area (Å²) in [5.74, 6) is -0.182. The van der Waals surface area contributed by atoms with E-state index in [-0.39, 0.29) is 11.8 Å². The molecule has 0 bridgehead atoms. The second-order valence-electron chi connectivity index (χ2n) is 9.95. The van der Waals surface area contributed by atoms with Crippen molar-refractivity contribution in [2.75, 3.05) is 44.3 Å². The van der Waals surface area contributed by atoms with Crippen LogP contribution in [0.5, 0.6) is 5.75 Å². The molecule has 2 fully saturated rings. The third kappa shape index (κ3) is 5.84. The van der Waals surface area contributed by atoms with E-state index < -0.39 is 5.97 Å². The number of carboxylic acid groups (broad SMARTS) is 1. The number of anilines is 1. The number of carbonyl (C=O) groups excluding carboxylic acids is 1. The number of hydrogen-bond donors (Lipinski definition) is 1. The minimum atomic E-state index is -0.709. The molecule has 38 heavy (non-hydrogen) atoms. The van der Waals surface area contributed by atoms with Crippen LogP contribution < -0.4 is 9.64 Å². The fraction of sp³-hybridized carbons (Fsp3) is 0.414. The van der Waals surface area contributed by atoms with Gasteiger partial charge in [0.2, 0.25) is 0 Å². The summed E-state index contributed by atoms with van der Waals surface area (Å²) >= 11 is 1.58. The third-order valence-electron chi connectivity index (χ3n) is 7.29.